The van der Waals surface area contributed by atoms with Crippen LogP contribution in [0, 0.1) is 0 Å². The van der Waals surface area contributed by atoms with E-state index in [-0.39, 0.29) is 0 Å². The van der Waals surface area contributed by atoms with E-state index in [2.05, 4.69) is 5.48 Å². The van der Waals surface area contributed by atoms with Gasteiger partial charge >= 0.3 is 0 Å². The lowest BCUT2D eigenvalue weighted by Gasteiger charge is -1.98. The maximum Gasteiger partial charge on any atom is 0.0911 e. The van der Waals surface area contributed by atoms with Crippen LogP contribution in [0.4, 0.5) is 0 Å². The molecule has 7 heavy (non-hydrogen) atoms. The van der Waals surface area contributed by atoms with E-state index in [1.54, 1.807) is 0 Å². The van der Waals surface area contributed by atoms with E-state index >= 15 is 0 Å². The molecule has 0 amide bonds. The summed E-state index contributed by atoms with van der Waals surface area (Å²) in [5.74, 6) is 0. The van der Waals surface area contributed by atoms with Crippen molar-refractivity contribution in [3.63, 3.8) is 0 Å². The molecule has 2 nitrogen and oxygen atoms in total. The van der Waals surface area contributed by atoms with Crippen molar-refractivity contribution in [2.45, 2.75) is 24.9 Å². The van der Waals surface area contributed by atoms with Gasteiger partial charge in [0, 0.05) is 6.54 Å². The summed E-state index contributed by atoms with van der Waals surface area (Å²) in [4.78, 5) is 5.20. The second-order valence-corrected chi connectivity index (χ2v) is 2.43. The predicted molar refractivity (Wildman–Crippen MR) is 25.7 cm³/mol. The standard InChI is InChI=1S/C5H9NO/c1-2-5(1)3-4-6-7-5/h6H,1-4H2. The third kappa shape index (κ3) is 0.469. The Morgan fingerprint density at radius 3 is 2.43 bits per heavy atom. The van der Waals surface area contributed by atoms with Crippen LogP contribution >= 0.6 is 0 Å². The molecule has 0 aromatic carbocycles. The minimum Gasteiger partial charge on any atom is -0.295 e. The Labute approximate surface area is 42.8 Å². The summed E-state index contributed by atoms with van der Waals surface area (Å²) >= 11 is 0. The molecule has 0 aromatic rings. The third-order valence-corrected chi connectivity index (χ3v) is 1.78. The van der Waals surface area contributed by atoms with Crippen LogP contribution < -0.4 is 5.48 Å². The molecule has 2 rings (SSSR count). The normalized spacial score (nSPS) is 34.3. The van der Waals surface area contributed by atoms with Crippen LogP contribution in [0.15, 0.2) is 0 Å². The highest BCUT2D eigenvalue weighted by Gasteiger charge is 2.47. The molecule has 1 aliphatic carbocycles. The summed E-state index contributed by atoms with van der Waals surface area (Å²) in [6, 6.07) is 0. The smallest absolute Gasteiger partial charge is 0.0911 e. The minimum atomic E-state index is 0.333. The molecule has 0 radical (unpaired) electrons. The Balaban J connectivity index is 2.07. The zero-order valence-electron chi connectivity index (χ0n) is 4.24. The average Bonchev–Trinajstić information content (AvgIpc) is 2.15. The summed E-state index contributed by atoms with van der Waals surface area (Å²) in [6.45, 7) is 1.06. The maximum absolute atomic E-state index is 5.20. The van der Waals surface area contributed by atoms with Crippen LogP contribution in [-0.2, 0) is 4.84 Å². The Bertz CT molecular complexity index is 80.1. The third-order valence-electron chi connectivity index (χ3n) is 1.78. The van der Waals surface area contributed by atoms with Gasteiger partial charge in [-0.3, -0.25) is 4.84 Å². The molecule has 0 aromatic heterocycles. The molecular formula is C5H9NO. The van der Waals surface area contributed by atoms with E-state index in [0.717, 1.165) is 6.54 Å². The number of nitrogens with one attached hydrogen (secondary N) is 1. The first kappa shape index (κ1) is 3.87. The van der Waals surface area contributed by atoms with Gasteiger partial charge in [-0.1, -0.05) is 0 Å². The van der Waals surface area contributed by atoms with Gasteiger partial charge < -0.3 is 0 Å². The second-order valence-electron chi connectivity index (χ2n) is 2.43. The second kappa shape index (κ2) is 1.01. The number of hydroxylamine groups is 1. The fraction of sp³-hybridized carbons (Fsp3) is 1.00. The van der Waals surface area contributed by atoms with Crippen LogP contribution in [0.2, 0.25) is 0 Å². The van der Waals surface area contributed by atoms with Gasteiger partial charge in [0.1, 0.15) is 0 Å². The highest BCUT2D eigenvalue weighted by molar-refractivity contribution is 4.97. The Kier molecular flexibility index (Phi) is 0.557. The summed E-state index contributed by atoms with van der Waals surface area (Å²) in [5, 5.41) is 0. The van der Waals surface area contributed by atoms with Crippen molar-refractivity contribution < 1.29 is 4.84 Å². The Morgan fingerprint density at radius 2 is 2.14 bits per heavy atom. The molecule has 1 aliphatic heterocycles. The monoisotopic (exact) mass is 99.1 g/mol. The maximum atomic E-state index is 5.20. The van der Waals surface area contributed by atoms with Gasteiger partial charge in [0.2, 0.25) is 0 Å². The van der Waals surface area contributed by atoms with Crippen molar-refractivity contribution in [3.8, 4) is 0 Å². The van der Waals surface area contributed by atoms with Crippen molar-refractivity contribution in [2.24, 2.45) is 0 Å². The predicted octanol–water partition coefficient (Wildman–Crippen LogP) is 0.444. The molecule has 2 aliphatic rings. The Morgan fingerprint density at radius 1 is 1.29 bits per heavy atom. The highest BCUT2D eigenvalue weighted by Crippen LogP contribution is 2.43. The van der Waals surface area contributed by atoms with Gasteiger partial charge in [0.05, 0.1) is 5.60 Å². The largest absolute Gasteiger partial charge is 0.295 e. The quantitative estimate of drug-likeness (QED) is 0.476. The zero-order valence-corrected chi connectivity index (χ0v) is 4.24. The summed E-state index contributed by atoms with van der Waals surface area (Å²) in [5.41, 5.74) is 3.21. The van der Waals surface area contributed by atoms with Gasteiger partial charge in [-0.15, -0.1) is 0 Å². The molecular weight excluding hydrogens is 90.1 g/mol. The summed E-state index contributed by atoms with van der Waals surface area (Å²) < 4.78 is 0. The van der Waals surface area contributed by atoms with Crippen LogP contribution in [0.3, 0.4) is 0 Å². The van der Waals surface area contributed by atoms with Gasteiger partial charge in [-0.25, -0.2) is 5.48 Å². The topological polar surface area (TPSA) is 21.3 Å². The lowest BCUT2D eigenvalue weighted by atomic mass is 10.2. The molecule has 0 bridgehead atoms. The first-order valence-electron chi connectivity index (χ1n) is 2.82. The SMILES string of the molecule is C1CC2(CC2)ON1. The van der Waals surface area contributed by atoms with Gasteiger partial charge in [-0.05, 0) is 19.3 Å². The lowest BCUT2D eigenvalue weighted by Crippen LogP contribution is -2.09. The van der Waals surface area contributed by atoms with Crippen LogP contribution in [-0.4, -0.2) is 12.1 Å². The first-order valence-corrected chi connectivity index (χ1v) is 2.82. The Hall–Kier alpha value is -0.0800. The van der Waals surface area contributed by atoms with Crippen LogP contribution in [0.25, 0.3) is 0 Å². The van der Waals surface area contributed by atoms with Gasteiger partial charge in [0.15, 0.2) is 0 Å². The molecule has 1 saturated heterocycles. The van der Waals surface area contributed by atoms with Crippen molar-refractivity contribution in [1.82, 2.24) is 5.48 Å². The molecule has 1 spiro atoms. The molecule has 1 N–H and O–H groups in total. The van der Waals surface area contributed by atoms with E-state index < -0.39 is 0 Å². The molecule has 0 atom stereocenters. The number of rotatable bonds is 0. The van der Waals surface area contributed by atoms with Crippen molar-refractivity contribution in [2.75, 3.05) is 6.54 Å². The average molecular weight is 99.1 g/mol. The molecule has 1 saturated carbocycles. The van der Waals surface area contributed by atoms with E-state index in [0.29, 0.717) is 5.60 Å². The van der Waals surface area contributed by atoms with Gasteiger partial charge in [0.25, 0.3) is 0 Å². The molecule has 1 heterocycles. The van der Waals surface area contributed by atoms with E-state index in [9.17, 15) is 0 Å². The van der Waals surface area contributed by atoms with E-state index in [1.165, 1.54) is 19.3 Å². The van der Waals surface area contributed by atoms with Crippen LogP contribution in [0.5, 0.6) is 0 Å². The van der Waals surface area contributed by atoms with E-state index in [1.807, 2.05) is 0 Å². The van der Waals surface area contributed by atoms with Crippen molar-refractivity contribution in [1.29, 1.82) is 0 Å². The van der Waals surface area contributed by atoms with Crippen molar-refractivity contribution in [3.05, 3.63) is 0 Å². The van der Waals surface area contributed by atoms with Gasteiger partial charge in [-0.2, -0.15) is 0 Å². The molecule has 2 fully saturated rings. The number of hydrogen-bond donors (Lipinski definition) is 1. The summed E-state index contributed by atoms with van der Waals surface area (Å²) in [6.07, 6.45) is 3.78. The summed E-state index contributed by atoms with van der Waals surface area (Å²) in [7, 11) is 0. The first-order chi connectivity index (χ1) is 3.41. The van der Waals surface area contributed by atoms with Crippen LogP contribution in [0.1, 0.15) is 19.3 Å². The lowest BCUT2D eigenvalue weighted by molar-refractivity contribution is 0.0169. The zero-order chi connectivity index (χ0) is 4.74. The minimum absolute atomic E-state index is 0.333. The fourth-order valence-electron chi connectivity index (χ4n) is 1.03. The highest BCUT2D eigenvalue weighted by atomic mass is 16.7. The number of hydrogen-bond acceptors (Lipinski definition) is 2. The molecule has 2 heteroatoms. The van der Waals surface area contributed by atoms with E-state index in [4.69, 9.17) is 4.84 Å². The molecule has 0 unspecified atom stereocenters. The fourth-order valence-corrected chi connectivity index (χ4v) is 1.03. The van der Waals surface area contributed by atoms with Crippen molar-refractivity contribution >= 4 is 0 Å². The molecule has 40 valence electrons.